The van der Waals surface area contributed by atoms with Gasteiger partial charge in [0.2, 0.25) is 5.95 Å². The second kappa shape index (κ2) is 7.84. The Morgan fingerprint density at radius 1 is 1.26 bits per heavy atom. The second-order valence-corrected chi connectivity index (χ2v) is 8.53. The molecule has 2 aliphatic carbocycles. The number of benzene rings is 1. The summed E-state index contributed by atoms with van der Waals surface area (Å²) in [6.07, 6.45) is 8.28. The quantitative estimate of drug-likeness (QED) is 0.492. The van der Waals surface area contributed by atoms with E-state index in [4.69, 9.17) is 33.3 Å². The Balaban J connectivity index is 1.74. The van der Waals surface area contributed by atoms with Gasteiger partial charge in [-0.2, -0.15) is 4.98 Å². The SMILES string of the molecule is C=CCn1nc(N(CCC)C(C2CC2)C2CC2)nc1-c1ccc(Cl)cc1Cl. The molecule has 27 heavy (non-hydrogen) atoms. The number of halogens is 2. The molecule has 0 atom stereocenters. The van der Waals surface area contributed by atoms with E-state index in [0.717, 1.165) is 42.1 Å². The predicted molar refractivity (Wildman–Crippen MR) is 113 cm³/mol. The Hall–Kier alpha value is -1.52. The van der Waals surface area contributed by atoms with Gasteiger partial charge in [0.15, 0.2) is 5.82 Å². The fourth-order valence-electron chi connectivity index (χ4n) is 3.96. The Labute approximate surface area is 171 Å². The average Bonchev–Trinajstić information content (AvgIpc) is 3.56. The summed E-state index contributed by atoms with van der Waals surface area (Å²) in [5, 5.41) is 6.08. The molecule has 2 aromatic rings. The zero-order valence-electron chi connectivity index (χ0n) is 15.7. The molecule has 0 aliphatic heterocycles. The van der Waals surface area contributed by atoms with E-state index in [9.17, 15) is 0 Å². The molecule has 0 saturated heterocycles. The highest BCUT2D eigenvalue weighted by molar-refractivity contribution is 6.36. The van der Waals surface area contributed by atoms with E-state index in [0.29, 0.717) is 22.6 Å². The molecule has 2 fully saturated rings. The number of aromatic nitrogens is 3. The van der Waals surface area contributed by atoms with Gasteiger partial charge in [0.1, 0.15) is 0 Å². The largest absolute Gasteiger partial charge is 0.336 e. The number of hydrogen-bond donors (Lipinski definition) is 0. The van der Waals surface area contributed by atoms with Crippen LogP contribution in [0.4, 0.5) is 5.95 Å². The first kappa shape index (κ1) is 18.8. The van der Waals surface area contributed by atoms with Crippen molar-refractivity contribution in [3.05, 3.63) is 40.9 Å². The molecule has 2 saturated carbocycles. The van der Waals surface area contributed by atoms with Crippen LogP contribution in [0.25, 0.3) is 11.4 Å². The third-order valence-electron chi connectivity index (χ3n) is 5.43. The van der Waals surface area contributed by atoms with Crippen LogP contribution in [0.15, 0.2) is 30.9 Å². The van der Waals surface area contributed by atoms with E-state index in [-0.39, 0.29) is 0 Å². The molecule has 1 aromatic carbocycles. The van der Waals surface area contributed by atoms with Crippen molar-refractivity contribution >= 4 is 29.2 Å². The third kappa shape index (κ3) is 4.02. The zero-order chi connectivity index (χ0) is 19.0. The summed E-state index contributed by atoms with van der Waals surface area (Å²) in [4.78, 5) is 7.41. The number of anilines is 1. The van der Waals surface area contributed by atoms with Gasteiger partial charge in [-0.25, -0.2) is 4.68 Å². The van der Waals surface area contributed by atoms with E-state index >= 15 is 0 Å². The Morgan fingerprint density at radius 3 is 2.52 bits per heavy atom. The summed E-state index contributed by atoms with van der Waals surface area (Å²) < 4.78 is 1.90. The topological polar surface area (TPSA) is 34.0 Å². The van der Waals surface area contributed by atoms with E-state index in [1.54, 1.807) is 6.07 Å². The molecule has 2 aliphatic rings. The summed E-state index contributed by atoms with van der Waals surface area (Å²) in [6, 6.07) is 6.10. The molecule has 0 bridgehead atoms. The van der Waals surface area contributed by atoms with Crippen LogP contribution in [0, 0.1) is 11.8 Å². The van der Waals surface area contributed by atoms with E-state index in [1.165, 1.54) is 25.7 Å². The van der Waals surface area contributed by atoms with Crippen molar-refractivity contribution in [2.75, 3.05) is 11.4 Å². The van der Waals surface area contributed by atoms with Crippen LogP contribution < -0.4 is 4.90 Å². The van der Waals surface area contributed by atoms with Crippen molar-refractivity contribution in [2.24, 2.45) is 11.8 Å². The van der Waals surface area contributed by atoms with Crippen LogP contribution in [-0.2, 0) is 6.54 Å². The molecule has 0 spiro atoms. The molecule has 144 valence electrons. The summed E-state index contributed by atoms with van der Waals surface area (Å²) in [5.74, 6) is 3.21. The van der Waals surface area contributed by atoms with E-state index < -0.39 is 0 Å². The number of allylic oxidation sites excluding steroid dienone is 1. The van der Waals surface area contributed by atoms with Crippen LogP contribution in [-0.4, -0.2) is 27.4 Å². The third-order valence-corrected chi connectivity index (χ3v) is 5.97. The van der Waals surface area contributed by atoms with Crippen molar-refractivity contribution in [1.82, 2.24) is 14.8 Å². The summed E-state index contributed by atoms with van der Waals surface area (Å²) in [6.45, 7) is 7.68. The highest BCUT2D eigenvalue weighted by Gasteiger charge is 2.45. The first-order valence-corrected chi connectivity index (χ1v) is 10.7. The molecule has 1 aromatic heterocycles. The minimum atomic E-state index is 0.582. The molecule has 6 heteroatoms. The lowest BCUT2D eigenvalue weighted by Gasteiger charge is -2.31. The molecule has 0 amide bonds. The maximum absolute atomic E-state index is 6.46. The molecule has 4 rings (SSSR count). The normalized spacial score (nSPS) is 16.7. The van der Waals surface area contributed by atoms with Gasteiger partial charge in [-0.1, -0.05) is 36.2 Å². The van der Waals surface area contributed by atoms with Crippen molar-refractivity contribution in [3.63, 3.8) is 0 Å². The van der Waals surface area contributed by atoms with Gasteiger partial charge in [0.25, 0.3) is 0 Å². The lowest BCUT2D eigenvalue weighted by Crippen LogP contribution is -2.40. The first-order valence-electron chi connectivity index (χ1n) is 9.90. The van der Waals surface area contributed by atoms with Crippen molar-refractivity contribution in [1.29, 1.82) is 0 Å². The molecule has 0 N–H and O–H groups in total. The summed E-state index contributed by atoms with van der Waals surface area (Å²) in [5.41, 5.74) is 0.854. The number of rotatable bonds is 9. The van der Waals surface area contributed by atoms with Gasteiger partial charge in [-0.15, -0.1) is 11.7 Å². The number of hydrogen-bond acceptors (Lipinski definition) is 3. The average molecular weight is 405 g/mol. The van der Waals surface area contributed by atoms with E-state index in [2.05, 4.69) is 18.4 Å². The second-order valence-electron chi connectivity index (χ2n) is 7.69. The van der Waals surface area contributed by atoms with Crippen molar-refractivity contribution < 1.29 is 0 Å². The van der Waals surface area contributed by atoms with Gasteiger partial charge in [-0.05, 0) is 62.1 Å². The summed E-state index contributed by atoms with van der Waals surface area (Å²) >= 11 is 12.5. The Kier molecular flexibility index (Phi) is 5.47. The van der Waals surface area contributed by atoms with Crippen LogP contribution in [0.5, 0.6) is 0 Å². The predicted octanol–water partition coefficient (Wildman–Crippen LogP) is 5.84. The standard InChI is InChI=1S/C21H26Cl2N4/c1-3-11-26(19(14-5-6-14)15-7-8-15)21-24-20(27(25-21)12-4-2)17-10-9-16(22)13-18(17)23/h4,9-10,13-15,19H,2-3,5-8,11-12H2,1H3. The lowest BCUT2D eigenvalue weighted by molar-refractivity contribution is 0.468. The van der Waals surface area contributed by atoms with Gasteiger partial charge >= 0.3 is 0 Å². The molecule has 0 unspecified atom stereocenters. The smallest absolute Gasteiger partial charge is 0.245 e. The Morgan fingerprint density at radius 2 is 1.96 bits per heavy atom. The maximum atomic E-state index is 6.46. The van der Waals surface area contributed by atoms with Crippen LogP contribution in [0.2, 0.25) is 10.0 Å². The van der Waals surface area contributed by atoms with Gasteiger partial charge in [0.05, 0.1) is 11.6 Å². The zero-order valence-corrected chi connectivity index (χ0v) is 17.3. The first-order chi connectivity index (χ1) is 13.1. The molecule has 0 radical (unpaired) electrons. The van der Waals surface area contributed by atoms with Crippen molar-refractivity contribution in [2.45, 2.75) is 51.6 Å². The molecular formula is C21H26Cl2N4. The number of nitrogens with zero attached hydrogens (tertiary/aromatic N) is 4. The fraction of sp³-hybridized carbons (Fsp3) is 0.524. The van der Waals surface area contributed by atoms with Crippen LogP contribution >= 0.6 is 23.2 Å². The maximum Gasteiger partial charge on any atom is 0.245 e. The highest BCUT2D eigenvalue weighted by Crippen LogP contribution is 2.48. The summed E-state index contributed by atoms with van der Waals surface area (Å²) in [7, 11) is 0. The Bertz CT molecular complexity index is 812. The van der Waals surface area contributed by atoms with Crippen LogP contribution in [0.3, 0.4) is 0 Å². The molecule has 1 heterocycles. The lowest BCUT2D eigenvalue weighted by atomic mass is 10.1. The monoisotopic (exact) mass is 404 g/mol. The van der Waals surface area contributed by atoms with Crippen molar-refractivity contribution in [3.8, 4) is 11.4 Å². The molecule has 4 nitrogen and oxygen atoms in total. The van der Waals surface area contributed by atoms with Gasteiger partial charge in [-0.3, -0.25) is 0 Å². The minimum absolute atomic E-state index is 0.582. The fourth-order valence-corrected chi connectivity index (χ4v) is 4.46. The van der Waals surface area contributed by atoms with Gasteiger partial charge in [0, 0.05) is 23.2 Å². The van der Waals surface area contributed by atoms with Crippen LogP contribution in [0.1, 0.15) is 39.0 Å². The highest BCUT2D eigenvalue weighted by atomic mass is 35.5. The van der Waals surface area contributed by atoms with E-state index in [1.807, 2.05) is 22.9 Å². The van der Waals surface area contributed by atoms with Gasteiger partial charge < -0.3 is 4.90 Å². The molecular weight excluding hydrogens is 379 g/mol. The minimum Gasteiger partial charge on any atom is -0.336 e.